The lowest BCUT2D eigenvalue weighted by Gasteiger charge is -2.31. The van der Waals surface area contributed by atoms with Crippen LogP contribution in [0.5, 0.6) is 0 Å². The van der Waals surface area contributed by atoms with E-state index in [1.165, 1.54) is 12.8 Å². The van der Waals surface area contributed by atoms with Crippen LogP contribution in [0.15, 0.2) is 36.7 Å². The quantitative estimate of drug-likeness (QED) is 0.926. The third-order valence-electron chi connectivity index (χ3n) is 3.90. The van der Waals surface area contributed by atoms with Gasteiger partial charge in [0, 0.05) is 19.2 Å². The first-order valence-corrected chi connectivity index (χ1v) is 7.69. The molecule has 1 N–H and O–H groups in total. The number of hydrogen-bond acceptors (Lipinski definition) is 4. The van der Waals surface area contributed by atoms with E-state index < -0.39 is 0 Å². The Kier molecular flexibility index (Phi) is 4.25. The summed E-state index contributed by atoms with van der Waals surface area (Å²) < 4.78 is 0. The van der Waals surface area contributed by atoms with Gasteiger partial charge in [-0.15, -0.1) is 0 Å². The van der Waals surface area contributed by atoms with Crippen LogP contribution in [0.3, 0.4) is 0 Å². The van der Waals surface area contributed by atoms with Gasteiger partial charge in [-0.3, -0.25) is 0 Å². The van der Waals surface area contributed by atoms with Gasteiger partial charge in [0.1, 0.15) is 18.0 Å². The van der Waals surface area contributed by atoms with Crippen molar-refractivity contribution in [3.05, 3.63) is 41.7 Å². The molecule has 1 saturated heterocycles. The van der Waals surface area contributed by atoms with E-state index in [1.54, 1.807) is 6.33 Å². The van der Waals surface area contributed by atoms with Crippen LogP contribution in [0, 0.1) is 5.92 Å². The highest BCUT2D eigenvalue weighted by atomic mass is 35.5. The largest absolute Gasteiger partial charge is 0.356 e. The van der Waals surface area contributed by atoms with E-state index in [-0.39, 0.29) is 0 Å². The molecule has 0 aliphatic carbocycles. The van der Waals surface area contributed by atoms with Crippen molar-refractivity contribution in [2.24, 2.45) is 5.92 Å². The second-order valence-corrected chi connectivity index (χ2v) is 5.94. The molecule has 0 atom stereocenters. The summed E-state index contributed by atoms with van der Waals surface area (Å²) in [5.41, 5.74) is 0.857. The Morgan fingerprint density at radius 1 is 1.19 bits per heavy atom. The number of piperidine rings is 1. The Morgan fingerprint density at radius 3 is 2.71 bits per heavy atom. The number of halogens is 1. The predicted octanol–water partition coefficient (Wildman–Crippen LogP) is 4.11. The molecule has 4 nitrogen and oxygen atoms in total. The molecule has 5 heteroatoms. The van der Waals surface area contributed by atoms with Crippen LogP contribution in [0.4, 0.5) is 17.3 Å². The van der Waals surface area contributed by atoms with Crippen LogP contribution in [0.25, 0.3) is 0 Å². The summed E-state index contributed by atoms with van der Waals surface area (Å²) in [5.74, 6) is 2.56. The number of para-hydroxylation sites is 1. The molecule has 0 radical (unpaired) electrons. The van der Waals surface area contributed by atoms with Gasteiger partial charge in [-0.05, 0) is 30.9 Å². The highest BCUT2D eigenvalue weighted by Gasteiger charge is 2.17. The Morgan fingerprint density at radius 2 is 1.95 bits per heavy atom. The minimum Gasteiger partial charge on any atom is -0.356 e. The fourth-order valence-corrected chi connectivity index (χ4v) is 2.71. The summed E-state index contributed by atoms with van der Waals surface area (Å²) >= 11 is 6.16. The molecule has 3 rings (SSSR count). The second kappa shape index (κ2) is 6.31. The predicted molar refractivity (Wildman–Crippen MR) is 87.4 cm³/mol. The molecule has 0 bridgehead atoms. The zero-order valence-corrected chi connectivity index (χ0v) is 12.8. The Bertz CT molecular complexity index is 609. The summed E-state index contributed by atoms with van der Waals surface area (Å²) in [6, 6.07) is 9.64. The van der Waals surface area contributed by atoms with Crippen molar-refractivity contribution >= 4 is 28.9 Å². The van der Waals surface area contributed by atoms with E-state index in [0.717, 1.165) is 36.3 Å². The zero-order valence-electron chi connectivity index (χ0n) is 12.1. The van der Waals surface area contributed by atoms with Crippen molar-refractivity contribution in [2.45, 2.75) is 19.8 Å². The topological polar surface area (TPSA) is 41.0 Å². The van der Waals surface area contributed by atoms with Gasteiger partial charge >= 0.3 is 0 Å². The van der Waals surface area contributed by atoms with Crippen LogP contribution < -0.4 is 10.2 Å². The van der Waals surface area contributed by atoms with E-state index in [9.17, 15) is 0 Å². The van der Waals surface area contributed by atoms with E-state index in [0.29, 0.717) is 5.02 Å². The molecule has 1 aromatic carbocycles. The van der Waals surface area contributed by atoms with Gasteiger partial charge in [-0.1, -0.05) is 30.7 Å². The molecule has 2 aromatic rings. The molecular weight excluding hydrogens is 284 g/mol. The van der Waals surface area contributed by atoms with Gasteiger partial charge in [-0.25, -0.2) is 9.97 Å². The van der Waals surface area contributed by atoms with E-state index in [2.05, 4.69) is 27.1 Å². The Hall–Kier alpha value is -1.81. The molecule has 0 unspecified atom stereocenters. The molecule has 1 aliphatic rings. The molecular formula is C16H19ClN4. The van der Waals surface area contributed by atoms with Gasteiger partial charge in [0.15, 0.2) is 0 Å². The fourth-order valence-electron chi connectivity index (χ4n) is 2.53. The third kappa shape index (κ3) is 3.45. The van der Waals surface area contributed by atoms with Crippen LogP contribution in [-0.2, 0) is 0 Å². The molecule has 21 heavy (non-hydrogen) atoms. The second-order valence-electron chi connectivity index (χ2n) is 5.54. The number of aromatic nitrogens is 2. The maximum atomic E-state index is 6.16. The number of benzene rings is 1. The first kappa shape index (κ1) is 14.1. The molecule has 1 aliphatic heterocycles. The molecule has 0 amide bonds. The first-order valence-electron chi connectivity index (χ1n) is 7.31. The minimum absolute atomic E-state index is 0.685. The average molecular weight is 303 g/mol. The zero-order chi connectivity index (χ0) is 14.7. The van der Waals surface area contributed by atoms with E-state index in [1.807, 2.05) is 30.3 Å². The van der Waals surface area contributed by atoms with Crippen LogP contribution in [-0.4, -0.2) is 23.1 Å². The average Bonchev–Trinajstić information content (AvgIpc) is 2.51. The van der Waals surface area contributed by atoms with Crippen molar-refractivity contribution < 1.29 is 0 Å². The fraction of sp³-hybridized carbons (Fsp3) is 0.375. The SMILES string of the molecule is CC1CCN(c2cc(Nc3ccccc3Cl)ncn2)CC1. The molecule has 0 spiro atoms. The summed E-state index contributed by atoms with van der Waals surface area (Å²) in [7, 11) is 0. The lowest BCUT2D eigenvalue weighted by molar-refractivity contribution is 0.436. The third-order valence-corrected chi connectivity index (χ3v) is 4.23. The van der Waals surface area contributed by atoms with Gasteiger partial charge in [-0.2, -0.15) is 0 Å². The summed E-state index contributed by atoms with van der Waals surface area (Å²) in [5, 5.41) is 3.94. The van der Waals surface area contributed by atoms with Crippen molar-refractivity contribution in [1.82, 2.24) is 9.97 Å². The molecule has 1 aromatic heterocycles. The van der Waals surface area contributed by atoms with Crippen molar-refractivity contribution in [1.29, 1.82) is 0 Å². The maximum Gasteiger partial charge on any atom is 0.135 e. The van der Waals surface area contributed by atoms with Crippen LogP contribution in [0.1, 0.15) is 19.8 Å². The number of nitrogens with zero attached hydrogens (tertiary/aromatic N) is 3. The van der Waals surface area contributed by atoms with Gasteiger partial charge in [0.05, 0.1) is 10.7 Å². The first-order chi connectivity index (χ1) is 10.2. The Balaban J connectivity index is 1.76. The minimum atomic E-state index is 0.685. The van der Waals surface area contributed by atoms with Gasteiger partial charge in [0.25, 0.3) is 0 Å². The summed E-state index contributed by atoms with van der Waals surface area (Å²) in [6.07, 6.45) is 4.04. The van der Waals surface area contributed by atoms with Gasteiger partial charge in [0.2, 0.25) is 0 Å². The van der Waals surface area contributed by atoms with Crippen molar-refractivity contribution in [2.75, 3.05) is 23.3 Å². The van der Waals surface area contributed by atoms with Crippen LogP contribution >= 0.6 is 11.6 Å². The van der Waals surface area contributed by atoms with Gasteiger partial charge < -0.3 is 10.2 Å². The molecule has 2 heterocycles. The molecule has 110 valence electrons. The van der Waals surface area contributed by atoms with E-state index in [4.69, 9.17) is 11.6 Å². The number of rotatable bonds is 3. The highest BCUT2D eigenvalue weighted by molar-refractivity contribution is 6.33. The normalized spacial score (nSPS) is 16.0. The van der Waals surface area contributed by atoms with Crippen LogP contribution in [0.2, 0.25) is 5.02 Å². The summed E-state index contributed by atoms with van der Waals surface area (Å²) in [6.45, 7) is 4.43. The number of anilines is 3. The van der Waals surface area contributed by atoms with E-state index >= 15 is 0 Å². The van der Waals surface area contributed by atoms with Crippen molar-refractivity contribution in [3.63, 3.8) is 0 Å². The van der Waals surface area contributed by atoms with Crippen molar-refractivity contribution in [3.8, 4) is 0 Å². The maximum absolute atomic E-state index is 6.16. The standard InChI is InChI=1S/C16H19ClN4/c1-12-6-8-21(9-7-12)16-10-15(18-11-19-16)20-14-5-3-2-4-13(14)17/h2-5,10-12H,6-9H2,1H3,(H,18,19,20). The highest BCUT2D eigenvalue weighted by Crippen LogP contribution is 2.26. The summed E-state index contributed by atoms with van der Waals surface area (Å²) in [4.78, 5) is 11.0. The smallest absolute Gasteiger partial charge is 0.135 e. The number of nitrogens with one attached hydrogen (secondary N) is 1. The molecule has 1 fully saturated rings. The lowest BCUT2D eigenvalue weighted by atomic mass is 9.99. The molecule has 0 saturated carbocycles. The lowest BCUT2D eigenvalue weighted by Crippen LogP contribution is -2.33. The number of hydrogen-bond donors (Lipinski definition) is 1. The monoisotopic (exact) mass is 302 g/mol. The Labute approximate surface area is 130 Å².